The lowest BCUT2D eigenvalue weighted by atomic mass is 10.6. The van der Waals surface area contributed by atoms with Crippen molar-refractivity contribution < 1.29 is 0 Å². The molecule has 0 radical (unpaired) electrons. The van der Waals surface area contributed by atoms with Crippen LogP contribution in [0.25, 0.3) is 0 Å². The molecule has 3 heteroatoms. The highest BCUT2D eigenvalue weighted by Gasteiger charge is 1.86. The number of hydrogen-bond donors (Lipinski definition) is 0. The predicted octanol–water partition coefficient (Wildman–Crippen LogP) is 1.80. The molecule has 0 N–H and O–H groups in total. The summed E-state index contributed by atoms with van der Waals surface area (Å²) in [7, 11) is 0. The Bertz CT molecular complexity index is 79.7. The van der Waals surface area contributed by atoms with Crippen LogP contribution in [0.5, 0.6) is 0 Å². The highest BCUT2D eigenvalue weighted by atomic mass is 35.5. The molecule has 0 spiro atoms. The van der Waals surface area contributed by atoms with E-state index in [2.05, 4.69) is 23.7 Å². The smallest absolute Gasteiger partial charge is 0.0849 e. The Morgan fingerprint density at radius 1 is 1.20 bits per heavy atom. The lowest BCUT2D eigenvalue weighted by Gasteiger charge is -2.12. The normalized spacial score (nSPS) is 9.50. The fourth-order valence-corrected chi connectivity index (χ4v) is 0.584. The van der Waals surface area contributed by atoms with Crippen molar-refractivity contribution in [3.05, 3.63) is 0 Å². The van der Waals surface area contributed by atoms with Crippen LogP contribution in [-0.4, -0.2) is 30.9 Å². The summed E-state index contributed by atoms with van der Waals surface area (Å²) in [5.74, 6) is 0. The maximum atomic E-state index is 4.11. The molecule has 0 saturated heterocycles. The number of nitrogens with zero attached hydrogens (tertiary/aromatic N) is 2. The first-order valence-corrected chi connectivity index (χ1v) is 3.59. The second-order valence-corrected chi connectivity index (χ2v) is 1.84. The minimum Gasteiger partial charge on any atom is -0.364 e. The zero-order chi connectivity index (χ0) is 7.11. The minimum atomic E-state index is 0. The van der Waals surface area contributed by atoms with Crippen LogP contribution in [0.3, 0.4) is 0 Å². The molecule has 0 aliphatic rings. The number of hydrogen-bond acceptors (Lipinski definition) is 1. The van der Waals surface area contributed by atoms with E-state index in [0.717, 1.165) is 19.6 Å². The Morgan fingerprint density at radius 3 is 2.00 bits per heavy atom. The summed E-state index contributed by atoms with van der Waals surface area (Å²) in [5, 5.41) is 0. The van der Waals surface area contributed by atoms with Crippen LogP contribution >= 0.6 is 12.4 Å². The van der Waals surface area contributed by atoms with Gasteiger partial charge < -0.3 is 4.90 Å². The van der Waals surface area contributed by atoms with Crippen molar-refractivity contribution in [3.63, 3.8) is 0 Å². The van der Waals surface area contributed by atoms with Crippen LogP contribution in [0.2, 0.25) is 0 Å². The molecular weight excluding hydrogens is 148 g/mol. The summed E-state index contributed by atoms with van der Waals surface area (Å²) in [6, 6.07) is 0. The van der Waals surface area contributed by atoms with Gasteiger partial charge in [-0.1, -0.05) is 0 Å². The van der Waals surface area contributed by atoms with Gasteiger partial charge >= 0.3 is 0 Å². The van der Waals surface area contributed by atoms with E-state index < -0.39 is 0 Å². The summed E-state index contributed by atoms with van der Waals surface area (Å²) in [6.45, 7) is 9.30. The quantitative estimate of drug-likeness (QED) is 0.457. The highest BCUT2D eigenvalue weighted by molar-refractivity contribution is 5.85. The molecule has 0 rings (SSSR count). The third-order valence-electron chi connectivity index (χ3n) is 1.24. The number of rotatable bonds is 4. The second kappa shape index (κ2) is 8.76. The van der Waals surface area contributed by atoms with Crippen LogP contribution < -0.4 is 0 Å². The van der Waals surface area contributed by atoms with Crippen molar-refractivity contribution in [1.29, 1.82) is 0 Å². The Balaban J connectivity index is 0. The molecule has 0 heterocycles. The SMILES string of the molecule is CCN=CN(CC)CC.Cl. The summed E-state index contributed by atoms with van der Waals surface area (Å²) in [6.07, 6.45) is 1.92. The van der Waals surface area contributed by atoms with E-state index in [4.69, 9.17) is 0 Å². The third kappa shape index (κ3) is 5.89. The van der Waals surface area contributed by atoms with Crippen molar-refractivity contribution in [3.8, 4) is 0 Å². The molecule has 0 aromatic rings. The summed E-state index contributed by atoms with van der Waals surface area (Å²) >= 11 is 0. The van der Waals surface area contributed by atoms with Gasteiger partial charge in [-0.2, -0.15) is 0 Å². The summed E-state index contributed by atoms with van der Waals surface area (Å²) in [5.41, 5.74) is 0. The van der Waals surface area contributed by atoms with Gasteiger partial charge in [0.15, 0.2) is 0 Å². The fraction of sp³-hybridized carbons (Fsp3) is 0.857. The van der Waals surface area contributed by atoms with Gasteiger partial charge in [0.1, 0.15) is 0 Å². The molecule has 0 aliphatic carbocycles. The molecule has 0 fully saturated rings. The Hall–Kier alpha value is -0.240. The maximum Gasteiger partial charge on any atom is 0.0849 e. The molecule has 10 heavy (non-hydrogen) atoms. The van der Waals surface area contributed by atoms with E-state index >= 15 is 0 Å². The molecule has 0 aromatic carbocycles. The Labute approximate surface area is 69.7 Å². The monoisotopic (exact) mass is 164 g/mol. The highest BCUT2D eigenvalue weighted by Crippen LogP contribution is 1.79. The van der Waals surface area contributed by atoms with E-state index in [9.17, 15) is 0 Å². The average molecular weight is 165 g/mol. The lowest BCUT2D eigenvalue weighted by molar-refractivity contribution is 0.478. The molecule has 0 saturated carbocycles. The van der Waals surface area contributed by atoms with Crippen molar-refractivity contribution >= 4 is 18.7 Å². The molecule has 0 aliphatic heterocycles. The third-order valence-corrected chi connectivity index (χ3v) is 1.24. The molecule has 2 nitrogen and oxygen atoms in total. The summed E-state index contributed by atoms with van der Waals surface area (Å²) in [4.78, 5) is 6.28. The average Bonchev–Trinajstić information content (AvgIpc) is 1.91. The molecule has 0 aromatic heterocycles. The van der Waals surface area contributed by atoms with Crippen LogP contribution in [0.15, 0.2) is 4.99 Å². The topological polar surface area (TPSA) is 15.6 Å². The van der Waals surface area contributed by atoms with Crippen LogP contribution in [0.1, 0.15) is 20.8 Å². The van der Waals surface area contributed by atoms with E-state index in [1.165, 1.54) is 0 Å². The van der Waals surface area contributed by atoms with Gasteiger partial charge in [-0.05, 0) is 20.8 Å². The first-order valence-electron chi connectivity index (χ1n) is 3.59. The van der Waals surface area contributed by atoms with Crippen LogP contribution in [-0.2, 0) is 0 Å². The van der Waals surface area contributed by atoms with Crippen molar-refractivity contribution in [2.24, 2.45) is 4.99 Å². The van der Waals surface area contributed by atoms with Gasteiger partial charge in [0.2, 0.25) is 0 Å². The lowest BCUT2D eigenvalue weighted by Crippen LogP contribution is -2.20. The minimum absolute atomic E-state index is 0. The molecule has 0 unspecified atom stereocenters. The van der Waals surface area contributed by atoms with Gasteiger partial charge in [-0.3, -0.25) is 4.99 Å². The Morgan fingerprint density at radius 2 is 1.70 bits per heavy atom. The first-order chi connectivity index (χ1) is 4.35. The van der Waals surface area contributed by atoms with E-state index in [0.29, 0.717) is 0 Å². The predicted molar refractivity (Wildman–Crippen MR) is 49.2 cm³/mol. The fourth-order valence-electron chi connectivity index (χ4n) is 0.584. The number of aliphatic imine (C=N–C) groups is 1. The van der Waals surface area contributed by atoms with Crippen LogP contribution in [0.4, 0.5) is 0 Å². The van der Waals surface area contributed by atoms with Crippen LogP contribution in [0, 0.1) is 0 Å². The molecular formula is C7H17ClN2. The zero-order valence-electron chi connectivity index (χ0n) is 7.00. The van der Waals surface area contributed by atoms with Crippen molar-refractivity contribution in [2.45, 2.75) is 20.8 Å². The van der Waals surface area contributed by atoms with E-state index in [1.807, 2.05) is 13.3 Å². The van der Waals surface area contributed by atoms with Gasteiger partial charge in [0.25, 0.3) is 0 Å². The summed E-state index contributed by atoms with van der Waals surface area (Å²) < 4.78 is 0. The van der Waals surface area contributed by atoms with Gasteiger partial charge in [0.05, 0.1) is 6.34 Å². The molecule has 0 amide bonds. The zero-order valence-corrected chi connectivity index (χ0v) is 7.82. The van der Waals surface area contributed by atoms with E-state index in [1.54, 1.807) is 0 Å². The second-order valence-electron chi connectivity index (χ2n) is 1.84. The van der Waals surface area contributed by atoms with E-state index in [-0.39, 0.29) is 12.4 Å². The van der Waals surface area contributed by atoms with Crippen molar-refractivity contribution in [1.82, 2.24) is 4.90 Å². The largest absolute Gasteiger partial charge is 0.364 e. The molecule has 0 atom stereocenters. The molecule has 62 valence electrons. The Kier molecular flexibility index (Phi) is 10.9. The first kappa shape index (κ1) is 12.4. The van der Waals surface area contributed by atoms with Gasteiger partial charge in [-0.15, -0.1) is 12.4 Å². The van der Waals surface area contributed by atoms with Gasteiger partial charge in [-0.25, -0.2) is 0 Å². The molecule has 0 bridgehead atoms. The van der Waals surface area contributed by atoms with Crippen molar-refractivity contribution in [2.75, 3.05) is 19.6 Å². The number of halogens is 1. The van der Waals surface area contributed by atoms with Gasteiger partial charge in [0, 0.05) is 19.6 Å². The standard InChI is InChI=1S/C7H16N2.ClH/c1-4-8-7-9(5-2)6-3;/h7H,4-6H2,1-3H3;1H. The maximum absolute atomic E-state index is 4.11.